The highest BCUT2D eigenvalue weighted by molar-refractivity contribution is 9.10. The van der Waals surface area contributed by atoms with Crippen LogP contribution >= 0.6 is 15.9 Å². The predicted octanol–water partition coefficient (Wildman–Crippen LogP) is 3.85. The van der Waals surface area contributed by atoms with Crippen LogP contribution in [0.15, 0.2) is 38.9 Å². The number of allylic oxidation sites excluding steroid dienone is 1. The Morgan fingerprint density at radius 1 is 1.50 bits per heavy atom. The number of nitrogens with zero attached hydrogens (tertiary/aromatic N) is 1. The van der Waals surface area contributed by atoms with Crippen molar-refractivity contribution in [3.8, 4) is 17.6 Å². The average molecular weight is 362 g/mol. The van der Waals surface area contributed by atoms with Crippen LogP contribution in [0.2, 0.25) is 0 Å². The maximum Gasteiger partial charge on any atom is 0.207 e. The molecule has 112 valence electrons. The van der Waals surface area contributed by atoms with E-state index in [1.165, 1.54) is 37.6 Å². The number of hydrogen-bond acceptors (Lipinski definition) is 5. The lowest BCUT2D eigenvalue weighted by Crippen LogP contribution is -2.02. The summed E-state index contributed by atoms with van der Waals surface area (Å²) < 4.78 is 10.6. The Bertz CT molecular complexity index is 799. The average Bonchev–Trinajstić information content (AvgIpc) is 2.92. The second kappa shape index (κ2) is 6.50. The monoisotopic (exact) mass is 361 g/mol. The van der Waals surface area contributed by atoms with Gasteiger partial charge < -0.3 is 14.3 Å². The minimum atomic E-state index is -0.423. The fourth-order valence-electron chi connectivity index (χ4n) is 1.90. The third-order valence-corrected chi connectivity index (χ3v) is 3.75. The summed E-state index contributed by atoms with van der Waals surface area (Å²) in [5.74, 6) is 0.238. The number of carbonyl (C=O) groups excluding carboxylic acids is 1. The zero-order chi connectivity index (χ0) is 16.3. The second-order valence-electron chi connectivity index (χ2n) is 4.43. The van der Waals surface area contributed by atoms with Gasteiger partial charge in [0.1, 0.15) is 17.4 Å². The maximum atomic E-state index is 12.3. The summed E-state index contributed by atoms with van der Waals surface area (Å²) in [5, 5.41) is 18.9. The van der Waals surface area contributed by atoms with Gasteiger partial charge in [-0.15, -0.1) is 0 Å². The molecule has 0 aliphatic heterocycles. The van der Waals surface area contributed by atoms with Gasteiger partial charge in [-0.1, -0.05) is 15.9 Å². The van der Waals surface area contributed by atoms with E-state index < -0.39 is 5.78 Å². The topological polar surface area (TPSA) is 83.5 Å². The molecular weight excluding hydrogens is 350 g/mol. The lowest BCUT2D eigenvalue weighted by Gasteiger charge is -2.07. The molecule has 2 aromatic rings. The SMILES string of the molecule is COc1cc(/C=C(\C#N)C(=O)c2ccoc2C)c(Br)cc1O. The summed E-state index contributed by atoms with van der Waals surface area (Å²) in [6.45, 7) is 1.65. The standard InChI is InChI=1S/C16H12BrNO4/c1-9-12(3-4-22-9)16(20)11(8-18)5-10-6-15(21-2)14(19)7-13(10)17/h3-7,19H,1-2H3/b11-5+. The van der Waals surface area contributed by atoms with Gasteiger partial charge >= 0.3 is 0 Å². The number of carbonyl (C=O) groups is 1. The number of phenols is 1. The molecule has 0 radical (unpaired) electrons. The van der Waals surface area contributed by atoms with Gasteiger partial charge in [0.2, 0.25) is 5.78 Å². The zero-order valence-corrected chi connectivity index (χ0v) is 13.5. The quantitative estimate of drug-likeness (QED) is 0.507. The largest absolute Gasteiger partial charge is 0.504 e. The molecule has 0 atom stereocenters. The molecule has 22 heavy (non-hydrogen) atoms. The molecule has 0 unspecified atom stereocenters. The van der Waals surface area contributed by atoms with Crippen LogP contribution in [-0.4, -0.2) is 18.0 Å². The highest BCUT2D eigenvalue weighted by atomic mass is 79.9. The molecule has 0 saturated carbocycles. The third kappa shape index (κ3) is 3.05. The lowest BCUT2D eigenvalue weighted by atomic mass is 10.0. The molecule has 0 saturated heterocycles. The second-order valence-corrected chi connectivity index (χ2v) is 5.29. The molecule has 0 aliphatic carbocycles. The summed E-state index contributed by atoms with van der Waals surface area (Å²) in [7, 11) is 1.42. The van der Waals surface area contributed by atoms with E-state index in [-0.39, 0.29) is 17.1 Å². The van der Waals surface area contributed by atoms with Gasteiger partial charge in [0, 0.05) is 4.47 Å². The van der Waals surface area contributed by atoms with Crippen LogP contribution in [0.3, 0.4) is 0 Å². The first-order valence-electron chi connectivity index (χ1n) is 6.25. The first-order chi connectivity index (χ1) is 10.5. The van der Waals surface area contributed by atoms with Crippen LogP contribution in [0.4, 0.5) is 0 Å². The summed E-state index contributed by atoms with van der Waals surface area (Å²) >= 11 is 3.28. The Balaban J connectivity index is 2.48. The van der Waals surface area contributed by atoms with E-state index in [0.29, 0.717) is 21.4 Å². The van der Waals surface area contributed by atoms with E-state index in [1.54, 1.807) is 6.92 Å². The molecular formula is C16H12BrNO4. The summed E-state index contributed by atoms with van der Waals surface area (Å²) in [4.78, 5) is 12.3. The number of rotatable bonds is 4. The Labute approximate surface area is 135 Å². The van der Waals surface area contributed by atoms with Crippen LogP contribution in [0.1, 0.15) is 21.7 Å². The molecule has 6 heteroatoms. The summed E-state index contributed by atoms with van der Waals surface area (Å²) in [6.07, 6.45) is 2.83. The fraction of sp³-hybridized carbons (Fsp3) is 0.125. The Kier molecular flexibility index (Phi) is 4.68. The van der Waals surface area contributed by atoms with Crippen molar-refractivity contribution in [1.29, 1.82) is 5.26 Å². The first-order valence-corrected chi connectivity index (χ1v) is 7.04. The van der Waals surface area contributed by atoms with E-state index in [2.05, 4.69) is 15.9 Å². The van der Waals surface area contributed by atoms with Gasteiger partial charge in [-0.3, -0.25) is 4.79 Å². The minimum Gasteiger partial charge on any atom is -0.504 e. The van der Waals surface area contributed by atoms with E-state index in [4.69, 9.17) is 9.15 Å². The molecule has 1 aromatic heterocycles. The molecule has 1 aromatic carbocycles. The van der Waals surface area contributed by atoms with E-state index in [0.717, 1.165) is 0 Å². The molecule has 0 spiro atoms. The number of Topliss-reactive ketones (excluding diaryl/α,β-unsaturated/α-hetero) is 1. The summed E-state index contributed by atoms with van der Waals surface area (Å²) in [6, 6.07) is 6.39. The molecule has 5 nitrogen and oxygen atoms in total. The van der Waals surface area contributed by atoms with Crippen LogP contribution in [-0.2, 0) is 0 Å². The van der Waals surface area contributed by atoms with Crippen molar-refractivity contribution in [2.45, 2.75) is 6.92 Å². The molecule has 2 rings (SSSR count). The van der Waals surface area contributed by atoms with Crippen LogP contribution in [0.5, 0.6) is 11.5 Å². The summed E-state index contributed by atoms with van der Waals surface area (Å²) in [5.41, 5.74) is 0.841. The molecule has 0 fully saturated rings. The smallest absolute Gasteiger partial charge is 0.207 e. The van der Waals surface area contributed by atoms with Gasteiger partial charge in [-0.2, -0.15) is 5.26 Å². The Hall–Kier alpha value is -2.52. The number of phenolic OH excluding ortho intramolecular Hbond substituents is 1. The van der Waals surface area contributed by atoms with Crippen LogP contribution in [0.25, 0.3) is 6.08 Å². The van der Waals surface area contributed by atoms with Crippen molar-refractivity contribution >= 4 is 27.8 Å². The van der Waals surface area contributed by atoms with Crippen molar-refractivity contribution in [1.82, 2.24) is 0 Å². The lowest BCUT2D eigenvalue weighted by molar-refractivity contribution is 0.103. The maximum absolute atomic E-state index is 12.3. The highest BCUT2D eigenvalue weighted by Crippen LogP contribution is 2.33. The van der Waals surface area contributed by atoms with E-state index in [9.17, 15) is 15.2 Å². The number of aromatic hydroxyl groups is 1. The normalized spacial score (nSPS) is 11.1. The van der Waals surface area contributed by atoms with Gasteiger partial charge in [-0.25, -0.2) is 0 Å². The number of ether oxygens (including phenoxy) is 1. The van der Waals surface area contributed by atoms with Gasteiger partial charge in [0.25, 0.3) is 0 Å². The number of nitriles is 1. The molecule has 1 N–H and O–H groups in total. The number of aryl methyl sites for hydroxylation is 1. The third-order valence-electron chi connectivity index (χ3n) is 3.07. The van der Waals surface area contributed by atoms with E-state index >= 15 is 0 Å². The molecule has 0 amide bonds. The van der Waals surface area contributed by atoms with Gasteiger partial charge in [0.05, 0.1) is 18.9 Å². The van der Waals surface area contributed by atoms with Crippen molar-refractivity contribution in [3.63, 3.8) is 0 Å². The van der Waals surface area contributed by atoms with E-state index in [1.807, 2.05) is 6.07 Å². The number of hydrogen-bond donors (Lipinski definition) is 1. The highest BCUT2D eigenvalue weighted by Gasteiger charge is 2.17. The number of furan rings is 1. The first kappa shape index (κ1) is 15.9. The van der Waals surface area contributed by atoms with Gasteiger partial charge in [0.15, 0.2) is 11.5 Å². The van der Waals surface area contributed by atoms with Crippen molar-refractivity contribution in [3.05, 3.63) is 51.4 Å². The number of methoxy groups -OCH3 is 1. The number of benzene rings is 1. The molecule has 0 bridgehead atoms. The predicted molar refractivity (Wildman–Crippen MR) is 83.7 cm³/mol. The van der Waals surface area contributed by atoms with Crippen molar-refractivity contribution < 1.29 is 19.1 Å². The fourth-order valence-corrected chi connectivity index (χ4v) is 2.35. The van der Waals surface area contributed by atoms with Crippen LogP contribution in [0, 0.1) is 18.3 Å². The van der Waals surface area contributed by atoms with Crippen LogP contribution < -0.4 is 4.74 Å². The number of halogens is 1. The van der Waals surface area contributed by atoms with Gasteiger partial charge in [-0.05, 0) is 36.8 Å². The molecule has 1 heterocycles. The minimum absolute atomic E-state index is 0.0398. The van der Waals surface area contributed by atoms with Crippen molar-refractivity contribution in [2.75, 3.05) is 7.11 Å². The number of ketones is 1. The zero-order valence-electron chi connectivity index (χ0n) is 11.9. The Morgan fingerprint density at radius 3 is 2.77 bits per heavy atom. The molecule has 0 aliphatic rings. The Morgan fingerprint density at radius 2 is 2.23 bits per heavy atom. The van der Waals surface area contributed by atoms with Crippen molar-refractivity contribution in [2.24, 2.45) is 0 Å².